The maximum atomic E-state index is 12.8. The summed E-state index contributed by atoms with van der Waals surface area (Å²) < 4.78 is 17.6. The number of benzene rings is 3. The lowest BCUT2D eigenvalue weighted by atomic mass is 9.89. The zero-order valence-electron chi connectivity index (χ0n) is 19.4. The van der Waals surface area contributed by atoms with Crippen molar-refractivity contribution in [3.63, 3.8) is 0 Å². The molecule has 1 N–H and O–H groups in total. The van der Waals surface area contributed by atoms with Crippen LogP contribution in [0.25, 0.3) is 0 Å². The van der Waals surface area contributed by atoms with E-state index in [9.17, 15) is 9.90 Å². The number of methoxy groups -OCH3 is 1. The first-order valence-corrected chi connectivity index (χ1v) is 11.7. The molecule has 3 atom stereocenters. The van der Waals surface area contributed by atoms with Crippen molar-refractivity contribution in [1.29, 1.82) is 0 Å². The molecule has 2 aliphatic heterocycles. The fraction of sp³-hybridized carbons (Fsp3) is 0.321. The van der Waals surface area contributed by atoms with Crippen LogP contribution in [0.1, 0.15) is 47.7 Å². The number of hydrogen-bond acceptors (Lipinski definition) is 6. The largest absolute Gasteiger partial charge is 0.508 e. The summed E-state index contributed by atoms with van der Waals surface area (Å²) >= 11 is 0. The van der Waals surface area contributed by atoms with Gasteiger partial charge >= 0.3 is 5.97 Å². The van der Waals surface area contributed by atoms with Gasteiger partial charge in [-0.2, -0.15) is 0 Å². The summed E-state index contributed by atoms with van der Waals surface area (Å²) in [5.74, 6) is 1.40. The number of carbonyl (C=O) groups is 1. The van der Waals surface area contributed by atoms with Gasteiger partial charge in [-0.1, -0.05) is 49.4 Å². The van der Waals surface area contributed by atoms with Crippen molar-refractivity contribution < 1.29 is 24.1 Å². The highest BCUT2D eigenvalue weighted by atomic mass is 16.6. The average molecular weight is 460 g/mol. The first-order valence-electron chi connectivity index (χ1n) is 11.7. The highest BCUT2D eigenvalue weighted by Crippen LogP contribution is 2.42. The molecular weight excluding hydrogens is 430 g/mol. The van der Waals surface area contributed by atoms with Crippen molar-refractivity contribution in [3.05, 3.63) is 89.0 Å². The molecule has 5 rings (SSSR count). The van der Waals surface area contributed by atoms with E-state index < -0.39 is 0 Å². The summed E-state index contributed by atoms with van der Waals surface area (Å²) in [6, 6.07) is 21.1. The van der Waals surface area contributed by atoms with Crippen LogP contribution in [0, 0.1) is 0 Å². The minimum atomic E-state index is -0.366. The average Bonchev–Trinajstić information content (AvgIpc) is 2.88. The number of hydrogen-bond donors (Lipinski definition) is 1. The Balaban J connectivity index is 1.47. The Morgan fingerprint density at radius 2 is 1.82 bits per heavy atom. The van der Waals surface area contributed by atoms with Gasteiger partial charge in [-0.15, -0.1) is 0 Å². The monoisotopic (exact) mass is 459 g/mol. The summed E-state index contributed by atoms with van der Waals surface area (Å²) in [7, 11) is 1.45. The van der Waals surface area contributed by atoms with Crippen LogP contribution in [0.15, 0.2) is 66.7 Å². The Kier molecular flexibility index (Phi) is 6.16. The topological polar surface area (TPSA) is 68.2 Å². The first kappa shape index (κ1) is 22.3. The van der Waals surface area contributed by atoms with Crippen LogP contribution in [0.3, 0.4) is 0 Å². The predicted octanol–water partition coefficient (Wildman–Crippen LogP) is 4.96. The van der Waals surface area contributed by atoms with Crippen molar-refractivity contribution >= 4 is 5.97 Å². The van der Waals surface area contributed by atoms with Gasteiger partial charge < -0.3 is 19.3 Å². The Bertz CT molecular complexity index is 1160. The van der Waals surface area contributed by atoms with E-state index in [2.05, 4.69) is 30.0 Å². The van der Waals surface area contributed by atoms with E-state index in [1.54, 1.807) is 12.1 Å². The normalized spacial score (nSPS) is 20.3. The van der Waals surface area contributed by atoms with Gasteiger partial charge in [0.15, 0.2) is 17.6 Å². The van der Waals surface area contributed by atoms with Crippen LogP contribution in [-0.4, -0.2) is 35.7 Å². The van der Waals surface area contributed by atoms with Gasteiger partial charge in [0.2, 0.25) is 0 Å². The lowest BCUT2D eigenvalue weighted by Gasteiger charge is -2.41. The summed E-state index contributed by atoms with van der Waals surface area (Å²) in [4.78, 5) is 15.1. The quantitative estimate of drug-likeness (QED) is 0.544. The van der Waals surface area contributed by atoms with Gasteiger partial charge in [0, 0.05) is 12.6 Å². The second kappa shape index (κ2) is 9.39. The fourth-order valence-electron chi connectivity index (χ4n) is 5.04. The predicted molar refractivity (Wildman–Crippen MR) is 128 cm³/mol. The third-order valence-electron chi connectivity index (χ3n) is 6.80. The molecule has 6 nitrogen and oxygen atoms in total. The molecule has 176 valence electrons. The number of nitrogens with zero attached hydrogens (tertiary/aromatic N) is 1. The third kappa shape index (κ3) is 4.21. The standard InChI is InChI=1S/C28H29NO5/c1-3-23(18-7-5-4-6-8-18)29-16-21-15-26-25(14-20(21)13-24(29)28(31)32-2)33-17-27(34-26)19-9-11-22(30)12-10-19/h4-12,14-15,23-24,27,30H,3,13,16-17H2,1-2H3/t23-,24-,27?/m0/s1. The van der Waals surface area contributed by atoms with Gasteiger partial charge in [0.1, 0.15) is 18.4 Å². The molecule has 6 heteroatoms. The molecule has 0 bridgehead atoms. The highest BCUT2D eigenvalue weighted by molar-refractivity contribution is 5.77. The summed E-state index contributed by atoms with van der Waals surface area (Å²) in [5, 5.41) is 9.59. The second-order valence-corrected chi connectivity index (χ2v) is 8.83. The molecule has 0 aliphatic carbocycles. The van der Waals surface area contributed by atoms with Gasteiger partial charge in [-0.05, 0) is 59.4 Å². The number of ether oxygens (including phenoxy) is 3. The van der Waals surface area contributed by atoms with Crippen molar-refractivity contribution in [2.45, 2.75) is 44.5 Å². The molecule has 0 saturated heterocycles. The number of carbonyl (C=O) groups excluding carboxylic acids is 1. The molecule has 1 unspecified atom stereocenters. The number of phenols is 1. The maximum Gasteiger partial charge on any atom is 0.323 e. The van der Waals surface area contributed by atoms with Crippen LogP contribution in [-0.2, 0) is 22.5 Å². The summed E-state index contributed by atoms with van der Waals surface area (Å²) in [5.41, 5.74) is 4.35. The molecule has 0 amide bonds. The van der Waals surface area contributed by atoms with E-state index in [0.29, 0.717) is 31.1 Å². The third-order valence-corrected chi connectivity index (χ3v) is 6.80. The molecule has 0 saturated carbocycles. The van der Waals surface area contributed by atoms with Gasteiger partial charge in [-0.25, -0.2) is 0 Å². The SMILES string of the molecule is CC[C@@H](c1ccccc1)N1Cc2cc3c(cc2C[C@H]1C(=O)OC)OCC(c1ccc(O)cc1)O3. The molecule has 3 aromatic carbocycles. The van der Waals surface area contributed by atoms with Gasteiger partial charge in [0.05, 0.1) is 7.11 Å². The van der Waals surface area contributed by atoms with E-state index in [4.69, 9.17) is 14.2 Å². The smallest absolute Gasteiger partial charge is 0.323 e. The lowest BCUT2D eigenvalue weighted by molar-refractivity contribution is -0.149. The van der Waals surface area contributed by atoms with Crippen LogP contribution in [0.2, 0.25) is 0 Å². The fourth-order valence-corrected chi connectivity index (χ4v) is 5.04. The number of fused-ring (bicyclic) bond motifs is 2. The Morgan fingerprint density at radius 1 is 1.09 bits per heavy atom. The van der Waals surface area contributed by atoms with Crippen LogP contribution in [0.5, 0.6) is 17.2 Å². The number of rotatable bonds is 5. The Morgan fingerprint density at radius 3 is 2.53 bits per heavy atom. The zero-order chi connectivity index (χ0) is 23.7. The molecule has 3 aromatic rings. The van der Waals surface area contributed by atoms with E-state index in [1.807, 2.05) is 36.4 Å². The van der Waals surface area contributed by atoms with Gasteiger partial charge in [-0.3, -0.25) is 9.69 Å². The zero-order valence-corrected chi connectivity index (χ0v) is 19.4. The van der Waals surface area contributed by atoms with Crippen molar-refractivity contribution in [3.8, 4) is 17.2 Å². The minimum Gasteiger partial charge on any atom is -0.508 e. The van der Waals surface area contributed by atoms with E-state index in [0.717, 1.165) is 23.1 Å². The van der Waals surface area contributed by atoms with Crippen molar-refractivity contribution in [2.24, 2.45) is 0 Å². The van der Waals surface area contributed by atoms with Crippen LogP contribution in [0.4, 0.5) is 0 Å². The molecular formula is C28H29NO5. The number of phenolic OH excluding ortho intramolecular Hbond substituents is 1. The maximum absolute atomic E-state index is 12.8. The van der Waals surface area contributed by atoms with Gasteiger partial charge in [0.25, 0.3) is 0 Å². The molecule has 0 fully saturated rings. The summed E-state index contributed by atoms with van der Waals surface area (Å²) in [6.45, 7) is 3.14. The van der Waals surface area contributed by atoms with E-state index in [-0.39, 0.29) is 29.9 Å². The van der Waals surface area contributed by atoms with E-state index >= 15 is 0 Å². The number of esters is 1. The molecule has 0 spiro atoms. The Hall–Kier alpha value is -3.51. The molecule has 0 radical (unpaired) electrons. The van der Waals surface area contributed by atoms with E-state index in [1.165, 1.54) is 12.7 Å². The second-order valence-electron chi connectivity index (χ2n) is 8.83. The highest BCUT2D eigenvalue weighted by Gasteiger charge is 2.38. The minimum absolute atomic E-state index is 0.0939. The van der Waals surface area contributed by atoms with Crippen LogP contribution >= 0.6 is 0 Å². The van der Waals surface area contributed by atoms with Crippen molar-refractivity contribution in [1.82, 2.24) is 4.90 Å². The first-order chi connectivity index (χ1) is 16.6. The molecule has 0 aromatic heterocycles. The summed E-state index contributed by atoms with van der Waals surface area (Å²) in [6.07, 6.45) is 1.19. The molecule has 2 aliphatic rings. The van der Waals surface area contributed by atoms with Crippen LogP contribution < -0.4 is 9.47 Å². The number of aromatic hydroxyl groups is 1. The van der Waals surface area contributed by atoms with Crippen molar-refractivity contribution in [2.75, 3.05) is 13.7 Å². The Labute approximate surface area is 199 Å². The molecule has 34 heavy (non-hydrogen) atoms. The molecule has 2 heterocycles. The lowest BCUT2D eigenvalue weighted by Crippen LogP contribution is -2.47.